The maximum atomic E-state index is 13.4. The first-order valence-corrected chi connectivity index (χ1v) is 11.8. The largest absolute Gasteiger partial charge is 0.495 e. The molecule has 1 aliphatic rings. The van der Waals surface area contributed by atoms with E-state index in [0.29, 0.717) is 23.6 Å². The van der Waals surface area contributed by atoms with Gasteiger partial charge in [0.1, 0.15) is 5.75 Å². The Morgan fingerprint density at radius 1 is 1.16 bits per heavy atom. The standard InChI is InChI=1S/C24H27N3O3S/c1-18-16-26(17-25-18)23-12-11-20(15-24(23)30-3)14-22-10-7-13-27(31(22,28)29)19(2)21-8-5-4-6-9-21/h4-6,8-9,11-12,14-17,19H,7,10,13H2,1-3H3. The summed E-state index contributed by atoms with van der Waals surface area (Å²) in [5.74, 6) is 0.662. The smallest absolute Gasteiger partial charge is 0.239 e. The molecule has 1 atom stereocenters. The van der Waals surface area contributed by atoms with Gasteiger partial charge in [0.15, 0.2) is 0 Å². The Morgan fingerprint density at radius 3 is 2.61 bits per heavy atom. The number of ether oxygens (including phenoxy) is 1. The van der Waals surface area contributed by atoms with Crippen molar-refractivity contribution < 1.29 is 13.2 Å². The van der Waals surface area contributed by atoms with E-state index in [0.717, 1.165) is 28.9 Å². The minimum atomic E-state index is -3.55. The molecule has 31 heavy (non-hydrogen) atoms. The second-order valence-electron chi connectivity index (χ2n) is 7.77. The van der Waals surface area contributed by atoms with Crippen LogP contribution >= 0.6 is 0 Å². The first-order chi connectivity index (χ1) is 14.9. The lowest BCUT2D eigenvalue weighted by Crippen LogP contribution is -2.38. The number of sulfonamides is 1. The van der Waals surface area contributed by atoms with Crippen molar-refractivity contribution in [3.8, 4) is 11.4 Å². The molecule has 1 aliphatic heterocycles. The molecular formula is C24H27N3O3S. The van der Waals surface area contributed by atoms with E-state index >= 15 is 0 Å². The highest BCUT2D eigenvalue weighted by atomic mass is 32.2. The zero-order chi connectivity index (χ0) is 22.0. The number of hydrogen-bond acceptors (Lipinski definition) is 4. The van der Waals surface area contributed by atoms with Crippen LogP contribution in [0.4, 0.5) is 0 Å². The summed E-state index contributed by atoms with van der Waals surface area (Å²) in [6.45, 7) is 4.40. The number of imidazole rings is 1. The summed E-state index contributed by atoms with van der Waals surface area (Å²) in [5, 5.41) is 0. The Balaban J connectivity index is 1.66. The lowest BCUT2D eigenvalue weighted by Gasteiger charge is -2.33. The molecule has 0 amide bonds. The fraction of sp³-hybridized carbons (Fsp3) is 0.292. The minimum absolute atomic E-state index is 0.212. The number of hydrogen-bond donors (Lipinski definition) is 0. The van der Waals surface area contributed by atoms with Crippen LogP contribution < -0.4 is 4.74 Å². The SMILES string of the molecule is COc1cc(C=C2CCCN(C(C)c3ccccc3)S2(=O)=O)ccc1-n1cnc(C)c1. The number of allylic oxidation sites excluding steroid dienone is 1. The molecule has 2 aromatic carbocycles. The lowest BCUT2D eigenvalue weighted by atomic mass is 10.1. The van der Waals surface area contributed by atoms with Crippen LogP contribution in [0.2, 0.25) is 0 Å². The Hall–Kier alpha value is -2.90. The van der Waals surface area contributed by atoms with E-state index in [1.54, 1.807) is 23.8 Å². The molecule has 0 saturated carbocycles. The highest BCUT2D eigenvalue weighted by molar-refractivity contribution is 7.93. The molecule has 162 valence electrons. The summed E-state index contributed by atoms with van der Waals surface area (Å²) in [7, 11) is -1.94. The van der Waals surface area contributed by atoms with Crippen molar-refractivity contribution in [2.75, 3.05) is 13.7 Å². The van der Waals surface area contributed by atoms with Crippen LogP contribution in [0.25, 0.3) is 11.8 Å². The van der Waals surface area contributed by atoms with Crippen molar-refractivity contribution in [1.29, 1.82) is 0 Å². The maximum absolute atomic E-state index is 13.4. The number of nitrogens with zero attached hydrogens (tertiary/aromatic N) is 3. The maximum Gasteiger partial charge on any atom is 0.239 e. The first kappa shape index (κ1) is 21.3. The van der Waals surface area contributed by atoms with E-state index in [1.165, 1.54) is 0 Å². The van der Waals surface area contributed by atoms with Crippen LogP contribution in [0.1, 0.15) is 42.6 Å². The fourth-order valence-electron chi connectivity index (χ4n) is 3.99. The van der Waals surface area contributed by atoms with E-state index in [4.69, 9.17) is 4.74 Å². The average Bonchev–Trinajstić information content (AvgIpc) is 3.21. The second-order valence-corrected chi connectivity index (χ2v) is 9.71. The zero-order valence-electron chi connectivity index (χ0n) is 18.0. The monoisotopic (exact) mass is 437 g/mol. The van der Waals surface area contributed by atoms with Crippen molar-refractivity contribution in [2.45, 2.75) is 32.7 Å². The van der Waals surface area contributed by atoms with E-state index in [9.17, 15) is 8.42 Å². The quantitative estimate of drug-likeness (QED) is 0.580. The minimum Gasteiger partial charge on any atom is -0.495 e. The molecule has 4 rings (SSSR count). The Bertz CT molecular complexity index is 1200. The third kappa shape index (κ3) is 4.29. The van der Waals surface area contributed by atoms with Crippen molar-refractivity contribution in [2.24, 2.45) is 0 Å². The van der Waals surface area contributed by atoms with E-state index < -0.39 is 10.0 Å². The van der Waals surface area contributed by atoms with Gasteiger partial charge in [-0.25, -0.2) is 13.4 Å². The molecule has 1 saturated heterocycles. The van der Waals surface area contributed by atoms with Crippen LogP contribution in [0.5, 0.6) is 5.75 Å². The molecule has 1 fully saturated rings. The van der Waals surface area contributed by atoms with Gasteiger partial charge in [0.05, 0.1) is 29.7 Å². The van der Waals surface area contributed by atoms with E-state index in [2.05, 4.69) is 4.98 Å². The molecule has 3 aromatic rings. The number of aryl methyl sites for hydroxylation is 1. The van der Waals surface area contributed by atoms with Crippen molar-refractivity contribution in [3.05, 3.63) is 82.8 Å². The molecule has 7 heteroatoms. The van der Waals surface area contributed by atoms with E-state index in [1.807, 2.05) is 73.1 Å². The highest BCUT2D eigenvalue weighted by Gasteiger charge is 2.34. The highest BCUT2D eigenvalue weighted by Crippen LogP contribution is 2.34. The summed E-state index contributed by atoms with van der Waals surface area (Å²) in [4.78, 5) is 4.70. The van der Waals surface area contributed by atoms with Crippen molar-refractivity contribution >= 4 is 16.1 Å². The Kier molecular flexibility index (Phi) is 5.98. The average molecular weight is 438 g/mol. The van der Waals surface area contributed by atoms with Crippen LogP contribution in [0, 0.1) is 6.92 Å². The van der Waals surface area contributed by atoms with Gasteiger partial charge >= 0.3 is 0 Å². The molecule has 0 aliphatic carbocycles. The Morgan fingerprint density at radius 2 is 1.94 bits per heavy atom. The zero-order valence-corrected chi connectivity index (χ0v) is 18.8. The number of rotatable bonds is 5. The molecule has 2 heterocycles. The number of aromatic nitrogens is 2. The molecule has 0 spiro atoms. The van der Waals surface area contributed by atoms with Crippen molar-refractivity contribution in [1.82, 2.24) is 13.9 Å². The molecule has 1 aromatic heterocycles. The summed E-state index contributed by atoms with van der Waals surface area (Å²) >= 11 is 0. The third-order valence-corrected chi connectivity index (χ3v) is 7.78. The van der Waals surface area contributed by atoms with Gasteiger partial charge < -0.3 is 9.30 Å². The van der Waals surface area contributed by atoms with Crippen LogP contribution in [0.15, 0.2) is 66.0 Å². The van der Waals surface area contributed by atoms with Gasteiger partial charge in [0, 0.05) is 18.8 Å². The summed E-state index contributed by atoms with van der Waals surface area (Å²) < 4.78 is 35.9. The topological polar surface area (TPSA) is 64.4 Å². The van der Waals surface area contributed by atoms with Gasteiger partial charge in [-0.2, -0.15) is 4.31 Å². The van der Waals surface area contributed by atoms with Gasteiger partial charge in [0.25, 0.3) is 0 Å². The molecular weight excluding hydrogens is 410 g/mol. The van der Waals surface area contributed by atoms with Crippen molar-refractivity contribution in [3.63, 3.8) is 0 Å². The molecule has 0 bridgehead atoms. The summed E-state index contributed by atoms with van der Waals surface area (Å²) in [6, 6.07) is 15.3. The molecule has 0 radical (unpaired) electrons. The molecule has 1 unspecified atom stereocenters. The molecule has 0 N–H and O–H groups in total. The number of benzene rings is 2. The van der Waals surface area contributed by atoms with Gasteiger partial charge in [-0.15, -0.1) is 0 Å². The Labute approximate surface area is 183 Å². The molecule has 6 nitrogen and oxygen atoms in total. The first-order valence-electron chi connectivity index (χ1n) is 10.4. The second kappa shape index (κ2) is 8.69. The van der Waals surface area contributed by atoms with Gasteiger partial charge in [0.2, 0.25) is 10.0 Å². The predicted molar refractivity (Wildman–Crippen MR) is 123 cm³/mol. The number of methoxy groups -OCH3 is 1. The van der Waals surface area contributed by atoms with Crippen LogP contribution in [-0.2, 0) is 10.0 Å². The van der Waals surface area contributed by atoms with E-state index in [-0.39, 0.29) is 6.04 Å². The summed E-state index contributed by atoms with van der Waals surface area (Å²) in [5.41, 5.74) is 3.56. The normalized spacial score (nSPS) is 18.7. The van der Waals surface area contributed by atoms with Crippen LogP contribution in [0.3, 0.4) is 0 Å². The van der Waals surface area contributed by atoms with Gasteiger partial charge in [-0.05, 0) is 56.0 Å². The lowest BCUT2D eigenvalue weighted by molar-refractivity contribution is 0.330. The van der Waals surface area contributed by atoms with Crippen LogP contribution in [-0.4, -0.2) is 35.9 Å². The van der Waals surface area contributed by atoms with Gasteiger partial charge in [-0.3, -0.25) is 0 Å². The van der Waals surface area contributed by atoms with Gasteiger partial charge in [-0.1, -0.05) is 36.4 Å². The predicted octanol–water partition coefficient (Wildman–Crippen LogP) is 4.72. The third-order valence-electron chi connectivity index (χ3n) is 5.68. The summed E-state index contributed by atoms with van der Waals surface area (Å²) in [6.07, 6.45) is 6.76. The fourth-order valence-corrected chi connectivity index (χ4v) is 5.89.